The van der Waals surface area contributed by atoms with Crippen molar-refractivity contribution in [2.24, 2.45) is 0 Å². The fourth-order valence-corrected chi connectivity index (χ4v) is 3.65. The largest absolute Gasteiger partial charge is 0.497 e. The second kappa shape index (κ2) is 9.02. The number of fused-ring (bicyclic) bond motifs is 1. The third-order valence-electron chi connectivity index (χ3n) is 5.61. The van der Waals surface area contributed by atoms with Crippen LogP contribution in [0.3, 0.4) is 0 Å². The SMILES string of the molecule is COc1cc(OC)cc(-c2nc3ccccc3c(=O)n2NC(=O)c2ccc(C(C)(C)C)cc2)c1. The highest BCUT2D eigenvalue weighted by Gasteiger charge is 2.18. The van der Waals surface area contributed by atoms with Gasteiger partial charge in [-0.15, -0.1) is 0 Å². The maximum atomic E-state index is 13.4. The molecule has 0 unspecified atom stereocenters. The normalized spacial score (nSPS) is 11.3. The highest BCUT2D eigenvalue weighted by Crippen LogP contribution is 2.29. The summed E-state index contributed by atoms with van der Waals surface area (Å²) in [7, 11) is 3.09. The Hall–Kier alpha value is -4.13. The first kappa shape index (κ1) is 23.0. The van der Waals surface area contributed by atoms with Gasteiger partial charge in [-0.25, -0.2) is 4.98 Å². The summed E-state index contributed by atoms with van der Waals surface area (Å²) in [5.74, 6) is 0.913. The van der Waals surface area contributed by atoms with Crippen LogP contribution in [0.1, 0.15) is 36.7 Å². The number of methoxy groups -OCH3 is 2. The van der Waals surface area contributed by atoms with Gasteiger partial charge in [0.2, 0.25) is 0 Å². The van der Waals surface area contributed by atoms with Crippen LogP contribution in [0, 0.1) is 0 Å². The Morgan fingerprint density at radius 3 is 2.12 bits per heavy atom. The first-order chi connectivity index (χ1) is 16.2. The molecule has 7 nitrogen and oxygen atoms in total. The van der Waals surface area contributed by atoms with Crippen molar-refractivity contribution in [1.29, 1.82) is 0 Å². The van der Waals surface area contributed by atoms with Crippen LogP contribution in [0.25, 0.3) is 22.3 Å². The van der Waals surface area contributed by atoms with Crippen molar-refractivity contribution in [3.8, 4) is 22.9 Å². The van der Waals surface area contributed by atoms with Crippen LogP contribution < -0.4 is 20.5 Å². The maximum Gasteiger partial charge on any atom is 0.280 e. The third-order valence-corrected chi connectivity index (χ3v) is 5.61. The van der Waals surface area contributed by atoms with Gasteiger partial charge in [0.05, 0.1) is 25.1 Å². The van der Waals surface area contributed by atoms with Crippen molar-refractivity contribution >= 4 is 16.8 Å². The van der Waals surface area contributed by atoms with Crippen LogP contribution in [-0.4, -0.2) is 29.8 Å². The number of carbonyl (C=O) groups excluding carboxylic acids is 1. The zero-order valence-corrected chi connectivity index (χ0v) is 19.9. The van der Waals surface area contributed by atoms with Gasteiger partial charge in [0.25, 0.3) is 11.5 Å². The lowest BCUT2D eigenvalue weighted by Gasteiger charge is -2.19. The third kappa shape index (κ3) is 4.50. The molecule has 0 atom stereocenters. The van der Waals surface area contributed by atoms with Gasteiger partial charge in [-0.05, 0) is 47.4 Å². The molecule has 0 bridgehead atoms. The van der Waals surface area contributed by atoms with Crippen LogP contribution >= 0.6 is 0 Å². The Labute approximate surface area is 198 Å². The number of hydrogen-bond acceptors (Lipinski definition) is 5. The molecule has 34 heavy (non-hydrogen) atoms. The molecule has 4 aromatic rings. The molecule has 0 spiro atoms. The molecule has 1 heterocycles. The number of carbonyl (C=O) groups is 1. The second-order valence-corrected chi connectivity index (χ2v) is 8.96. The highest BCUT2D eigenvalue weighted by atomic mass is 16.5. The van der Waals surface area contributed by atoms with Crippen molar-refractivity contribution in [2.75, 3.05) is 19.6 Å². The molecule has 7 heteroatoms. The molecule has 0 aliphatic heterocycles. The summed E-state index contributed by atoms with van der Waals surface area (Å²) in [6, 6.07) is 19.6. The van der Waals surface area contributed by atoms with E-state index in [9.17, 15) is 9.59 Å². The monoisotopic (exact) mass is 457 g/mol. The van der Waals surface area contributed by atoms with E-state index in [0.29, 0.717) is 33.5 Å². The van der Waals surface area contributed by atoms with E-state index in [1.165, 1.54) is 4.68 Å². The van der Waals surface area contributed by atoms with E-state index in [0.717, 1.165) is 5.56 Å². The number of nitrogens with zero attached hydrogens (tertiary/aromatic N) is 2. The summed E-state index contributed by atoms with van der Waals surface area (Å²) in [6.45, 7) is 6.32. The summed E-state index contributed by atoms with van der Waals surface area (Å²) in [6.07, 6.45) is 0. The minimum absolute atomic E-state index is 0.0349. The van der Waals surface area contributed by atoms with Gasteiger partial charge in [0, 0.05) is 17.2 Å². The number of rotatable bonds is 5. The predicted molar refractivity (Wildman–Crippen MR) is 133 cm³/mol. The molecule has 0 aliphatic rings. The van der Waals surface area contributed by atoms with E-state index < -0.39 is 5.91 Å². The number of nitrogens with one attached hydrogen (secondary N) is 1. The van der Waals surface area contributed by atoms with Crippen LogP contribution in [0.5, 0.6) is 11.5 Å². The van der Waals surface area contributed by atoms with E-state index in [-0.39, 0.29) is 16.8 Å². The molecule has 1 aromatic heterocycles. The lowest BCUT2D eigenvalue weighted by molar-refractivity contribution is 0.101. The Balaban J connectivity index is 1.84. The van der Waals surface area contributed by atoms with Crippen LogP contribution in [-0.2, 0) is 5.41 Å². The lowest BCUT2D eigenvalue weighted by atomic mass is 9.87. The standard InChI is InChI=1S/C27H27N3O4/c1-27(2,3)19-12-10-17(11-13-19)25(31)29-30-24(18-14-20(33-4)16-21(15-18)34-5)28-23-9-7-6-8-22(23)26(30)32/h6-16H,1-5H3,(H,29,31). The highest BCUT2D eigenvalue weighted by molar-refractivity contribution is 6.00. The summed E-state index contributed by atoms with van der Waals surface area (Å²) in [4.78, 5) is 31.3. The van der Waals surface area contributed by atoms with Gasteiger partial charge in [0.15, 0.2) is 5.82 Å². The predicted octanol–water partition coefficient (Wildman–Crippen LogP) is 4.76. The van der Waals surface area contributed by atoms with Gasteiger partial charge in [0.1, 0.15) is 11.5 Å². The molecule has 0 aliphatic carbocycles. The number of hydrogen-bond donors (Lipinski definition) is 1. The van der Waals surface area contributed by atoms with Crippen molar-refractivity contribution in [1.82, 2.24) is 9.66 Å². The lowest BCUT2D eigenvalue weighted by Crippen LogP contribution is -2.35. The van der Waals surface area contributed by atoms with Crippen LogP contribution in [0.2, 0.25) is 0 Å². The zero-order chi connectivity index (χ0) is 24.5. The van der Waals surface area contributed by atoms with Gasteiger partial charge in [-0.1, -0.05) is 45.0 Å². The average Bonchev–Trinajstić information content (AvgIpc) is 2.84. The maximum absolute atomic E-state index is 13.4. The van der Waals surface area contributed by atoms with Gasteiger partial charge >= 0.3 is 0 Å². The molecular weight excluding hydrogens is 430 g/mol. The van der Waals surface area contributed by atoms with E-state index in [1.54, 1.807) is 62.8 Å². The topological polar surface area (TPSA) is 82.4 Å². The first-order valence-electron chi connectivity index (χ1n) is 10.9. The molecule has 1 N–H and O–H groups in total. The Bertz CT molecular complexity index is 1390. The minimum Gasteiger partial charge on any atom is -0.497 e. The summed E-state index contributed by atoms with van der Waals surface area (Å²) < 4.78 is 11.9. The Morgan fingerprint density at radius 1 is 0.912 bits per heavy atom. The molecule has 3 aromatic carbocycles. The second-order valence-electron chi connectivity index (χ2n) is 8.96. The van der Waals surface area contributed by atoms with Crippen molar-refractivity contribution in [2.45, 2.75) is 26.2 Å². The first-order valence-corrected chi connectivity index (χ1v) is 10.9. The van der Waals surface area contributed by atoms with Gasteiger partial charge in [-0.3, -0.25) is 15.0 Å². The average molecular weight is 458 g/mol. The quantitative estimate of drug-likeness (QED) is 0.467. The van der Waals surface area contributed by atoms with Gasteiger partial charge < -0.3 is 9.47 Å². The number of benzene rings is 3. The van der Waals surface area contributed by atoms with E-state index in [2.05, 4.69) is 31.2 Å². The van der Waals surface area contributed by atoms with Crippen molar-refractivity contribution in [3.63, 3.8) is 0 Å². The summed E-state index contributed by atoms with van der Waals surface area (Å²) in [5, 5.41) is 0.393. The van der Waals surface area contributed by atoms with E-state index >= 15 is 0 Å². The molecule has 0 saturated carbocycles. The molecule has 174 valence electrons. The molecule has 4 rings (SSSR count). The van der Waals surface area contributed by atoms with E-state index in [1.807, 2.05) is 18.2 Å². The molecule has 0 saturated heterocycles. The summed E-state index contributed by atoms with van der Waals surface area (Å²) >= 11 is 0. The summed E-state index contributed by atoms with van der Waals surface area (Å²) in [5.41, 5.74) is 4.94. The molecule has 0 fully saturated rings. The number of ether oxygens (including phenoxy) is 2. The fraction of sp³-hybridized carbons (Fsp3) is 0.222. The van der Waals surface area contributed by atoms with Crippen LogP contribution in [0.15, 0.2) is 71.5 Å². The number of para-hydroxylation sites is 1. The smallest absolute Gasteiger partial charge is 0.280 e. The molecular formula is C27H27N3O4. The van der Waals surface area contributed by atoms with Crippen molar-refractivity contribution in [3.05, 3.63) is 88.2 Å². The minimum atomic E-state index is -0.421. The molecule has 0 radical (unpaired) electrons. The Morgan fingerprint density at radius 2 is 1.53 bits per heavy atom. The molecule has 1 amide bonds. The fourth-order valence-electron chi connectivity index (χ4n) is 3.65. The number of amides is 1. The van der Waals surface area contributed by atoms with Crippen molar-refractivity contribution < 1.29 is 14.3 Å². The zero-order valence-electron chi connectivity index (χ0n) is 19.9. The number of aromatic nitrogens is 2. The van der Waals surface area contributed by atoms with Gasteiger partial charge in [-0.2, -0.15) is 4.68 Å². The van der Waals surface area contributed by atoms with E-state index in [4.69, 9.17) is 9.47 Å². The Kier molecular flexibility index (Phi) is 6.11. The van der Waals surface area contributed by atoms with Crippen LogP contribution in [0.4, 0.5) is 0 Å².